The van der Waals surface area contributed by atoms with Crippen molar-refractivity contribution in [2.75, 3.05) is 5.32 Å². The first-order valence-corrected chi connectivity index (χ1v) is 6.09. The smallest absolute Gasteiger partial charge is 0.254 e. The van der Waals surface area contributed by atoms with Gasteiger partial charge in [-0.2, -0.15) is 0 Å². The summed E-state index contributed by atoms with van der Waals surface area (Å²) in [4.78, 5) is 15.5. The van der Waals surface area contributed by atoms with Crippen LogP contribution < -0.4 is 5.32 Å². The maximum absolute atomic E-state index is 11.2. The summed E-state index contributed by atoms with van der Waals surface area (Å²) in [6.07, 6.45) is -0.136. The Morgan fingerprint density at radius 3 is 2.75 bits per heavy atom. The average Bonchev–Trinajstić information content (AvgIpc) is 2.49. The molecular formula is C11H18N2O2S. The largest absolute Gasteiger partial charge is 0.384 e. The Kier molecular flexibility index (Phi) is 4.04. The second-order valence-corrected chi connectivity index (χ2v) is 5.90. The van der Waals surface area contributed by atoms with Gasteiger partial charge in [0, 0.05) is 5.38 Å². The molecule has 90 valence electrons. The van der Waals surface area contributed by atoms with Gasteiger partial charge in [-0.3, -0.25) is 10.1 Å². The van der Waals surface area contributed by atoms with E-state index in [2.05, 4.69) is 31.1 Å². The number of aliphatic hydroxyl groups is 1. The lowest BCUT2D eigenvalue weighted by Gasteiger charge is -2.15. The highest BCUT2D eigenvalue weighted by Gasteiger charge is 2.15. The zero-order chi connectivity index (χ0) is 12.3. The second-order valence-electron chi connectivity index (χ2n) is 5.05. The number of hydrogen-bond acceptors (Lipinski definition) is 4. The standard InChI is InChI=1S/C11H18N2O2S/c1-7(14)9(15)13-10-12-8(6-16-10)5-11(2,3)4/h6-7,14H,5H2,1-4H3,(H,12,13,15). The van der Waals surface area contributed by atoms with Crippen LogP contribution in [0.2, 0.25) is 0 Å². The molecular weight excluding hydrogens is 224 g/mol. The number of aliphatic hydroxyl groups excluding tert-OH is 1. The number of nitrogens with one attached hydrogen (secondary N) is 1. The lowest BCUT2D eigenvalue weighted by Crippen LogP contribution is -2.24. The summed E-state index contributed by atoms with van der Waals surface area (Å²) in [5.74, 6) is -0.420. The molecule has 2 N–H and O–H groups in total. The number of anilines is 1. The van der Waals surface area contributed by atoms with Gasteiger partial charge < -0.3 is 5.11 Å². The molecule has 0 aliphatic rings. The molecule has 0 spiro atoms. The monoisotopic (exact) mass is 242 g/mol. The molecule has 5 heteroatoms. The maximum Gasteiger partial charge on any atom is 0.254 e. The number of rotatable bonds is 3. The molecule has 0 radical (unpaired) electrons. The maximum atomic E-state index is 11.2. The summed E-state index contributed by atoms with van der Waals surface area (Å²) < 4.78 is 0. The lowest BCUT2D eigenvalue weighted by molar-refractivity contribution is -0.123. The van der Waals surface area contributed by atoms with Crippen molar-refractivity contribution in [2.45, 2.75) is 40.2 Å². The Bertz CT molecular complexity index is 366. The molecule has 0 aliphatic carbocycles. The molecule has 1 aromatic heterocycles. The fraction of sp³-hybridized carbons (Fsp3) is 0.636. The summed E-state index contributed by atoms with van der Waals surface area (Å²) >= 11 is 1.38. The van der Waals surface area contributed by atoms with Crippen molar-refractivity contribution in [3.63, 3.8) is 0 Å². The minimum Gasteiger partial charge on any atom is -0.384 e. The van der Waals surface area contributed by atoms with Gasteiger partial charge in [-0.1, -0.05) is 20.8 Å². The normalized spacial score (nSPS) is 13.6. The van der Waals surface area contributed by atoms with Gasteiger partial charge >= 0.3 is 0 Å². The van der Waals surface area contributed by atoms with Crippen LogP contribution in [0.25, 0.3) is 0 Å². The van der Waals surface area contributed by atoms with E-state index in [1.165, 1.54) is 18.3 Å². The van der Waals surface area contributed by atoms with Crippen LogP contribution in [-0.4, -0.2) is 22.1 Å². The first-order chi connectivity index (χ1) is 7.28. The summed E-state index contributed by atoms with van der Waals surface area (Å²) in [5.41, 5.74) is 1.15. The van der Waals surface area contributed by atoms with E-state index in [0.29, 0.717) is 5.13 Å². The van der Waals surface area contributed by atoms with Gasteiger partial charge in [0.15, 0.2) is 5.13 Å². The molecule has 0 bridgehead atoms. The zero-order valence-corrected chi connectivity index (χ0v) is 10.9. The van der Waals surface area contributed by atoms with Crippen molar-refractivity contribution >= 4 is 22.4 Å². The van der Waals surface area contributed by atoms with Gasteiger partial charge in [-0.15, -0.1) is 11.3 Å². The number of aromatic nitrogens is 1. The van der Waals surface area contributed by atoms with Gasteiger partial charge in [-0.25, -0.2) is 4.98 Å². The van der Waals surface area contributed by atoms with Crippen molar-refractivity contribution in [3.8, 4) is 0 Å². The number of thiazole rings is 1. The minimum absolute atomic E-state index is 0.180. The second kappa shape index (κ2) is 4.93. The van der Waals surface area contributed by atoms with Crippen molar-refractivity contribution < 1.29 is 9.90 Å². The highest BCUT2D eigenvalue weighted by atomic mass is 32.1. The third kappa shape index (κ3) is 4.28. The van der Waals surface area contributed by atoms with Crippen molar-refractivity contribution in [3.05, 3.63) is 11.1 Å². The number of carbonyl (C=O) groups excluding carboxylic acids is 1. The van der Waals surface area contributed by atoms with Gasteiger partial charge in [0.2, 0.25) is 0 Å². The first-order valence-electron chi connectivity index (χ1n) is 5.21. The van der Waals surface area contributed by atoms with E-state index in [9.17, 15) is 4.79 Å². The van der Waals surface area contributed by atoms with Crippen LogP contribution in [0.1, 0.15) is 33.4 Å². The van der Waals surface area contributed by atoms with Crippen LogP contribution in [0.15, 0.2) is 5.38 Å². The molecule has 1 heterocycles. The van der Waals surface area contributed by atoms with Crippen LogP contribution in [0.4, 0.5) is 5.13 Å². The minimum atomic E-state index is -1.00. The molecule has 1 atom stereocenters. The Hall–Kier alpha value is -0.940. The molecule has 1 unspecified atom stereocenters. The number of amides is 1. The van der Waals surface area contributed by atoms with Crippen LogP contribution in [0, 0.1) is 5.41 Å². The molecule has 0 saturated carbocycles. The number of nitrogens with zero attached hydrogens (tertiary/aromatic N) is 1. The molecule has 0 aromatic carbocycles. The van der Waals surface area contributed by atoms with Crippen molar-refractivity contribution in [2.24, 2.45) is 5.41 Å². The van der Waals surface area contributed by atoms with Crippen LogP contribution in [0.5, 0.6) is 0 Å². The van der Waals surface area contributed by atoms with Gasteiger partial charge in [0.1, 0.15) is 6.10 Å². The summed E-state index contributed by atoms with van der Waals surface area (Å²) in [6, 6.07) is 0. The molecule has 1 rings (SSSR count). The Morgan fingerprint density at radius 1 is 1.62 bits per heavy atom. The zero-order valence-electron chi connectivity index (χ0n) is 10.1. The van der Waals surface area contributed by atoms with E-state index in [0.717, 1.165) is 12.1 Å². The van der Waals surface area contributed by atoms with E-state index in [1.54, 1.807) is 0 Å². The Labute approximate surface area is 99.7 Å². The number of hydrogen-bond donors (Lipinski definition) is 2. The third-order valence-corrected chi connectivity index (χ3v) is 2.68. The average molecular weight is 242 g/mol. The molecule has 4 nitrogen and oxygen atoms in total. The topological polar surface area (TPSA) is 62.2 Å². The van der Waals surface area contributed by atoms with E-state index >= 15 is 0 Å². The fourth-order valence-corrected chi connectivity index (χ4v) is 1.91. The SMILES string of the molecule is CC(O)C(=O)Nc1nc(CC(C)(C)C)cs1. The molecule has 0 saturated heterocycles. The van der Waals surface area contributed by atoms with E-state index in [-0.39, 0.29) is 5.41 Å². The fourth-order valence-electron chi connectivity index (χ4n) is 1.20. The lowest BCUT2D eigenvalue weighted by atomic mass is 9.91. The summed E-state index contributed by atoms with van der Waals surface area (Å²) in [7, 11) is 0. The molecule has 0 fully saturated rings. The van der Waals surface area contributed by atoms with Gasteiger partial charge in [-0.05, 0) is 18.8 Å². The van der Waals surface area contributed by atoms with Gasteiger partial charge in [0.05, 0.1) is 5.69 Å². The predicted molar refractivity (Wildman–Crippen MR) is 65.6 cm³/mol. The molecule has 16 heavy (non-hydrogen) atoms. The van der Waals surface area contributed by atoms with Crippen LogP contribution in [-0.2, 0) is 11.2 Å². The molecule has 1 amide bonds. The summed E-state index contributed by atoms with van der Waals surface area (Å²) in [6.45, 7) is 7.85. The van der Waals surface area contributed by atoms with Crippen molar-refractivity contribution in [1.82, 2.24) is 4.98 Å². The van der Waals surface area contributed by atoms with E-state index in [1.807, 2.05) is 5.38 Å². The highest BCUT2D eigenvalue weighted by Crippen LogP contribution is 2.23. The van der Waals surface area contributed by atoms with E-state index < -0.39 is 12.0 Å². The van der Waals surface area contributed by atoms with E-state index in [4.69, 9.17) is 5.11 Å². The third-order valence-electron chi connectivity index (χ3n) is 1.87. The Morgan fingerprint density at radius 2 is 2.25 bits per heavy atom. The van der Waals surface area contributed by atoms with Crippen LogP contribution >= 0.6 is 11.3 Å². The Balaban J connectivity index is 2.62. The predicted octanol–water partition coefficient (Wildman–Crippen LogP) is 2.05. The molecule has 0 aliphatic heterocycles. The highest BCUT2D eigenvalue weighted by molar-refractivity contribution is 7.13. The summed E-state index contributed by atoms with van der Waals surface area (Å²) in [5, 5.41) is 14.1. The molecule has 1 aromatic rings. The van der Waals surface area contributed by atoms with Crippen LogP contribution in [0.3, 0.4) is 0 Å². The van der Waals surface area contributed by atoms with Gasteiger partial charge in [0.25, 0.3) is 5.91 Å². The number of carbonyl (C=O) groups is 1. The quantitative estimate of drug-likeness (QED) is 0.852. The first kappa shape index (κ1) is 13.1. The van der Waals surface area contributed by atoms with Crippen molar-refractivity contribution in [1.29, 1.82) is 0 Å².